The van der Waals surface area contributed by atoms with Crippen LogP contribution in [0.15, 0.2) is 24.3 Å². The van der Waals surface area contributed by atoms with E-state index in [9.17, 15) is 27.6 Å². The molecule has 1 aromatic carbocycles. The van der Waals surface area contributed by atoms with Gasteiger partial charge < -0.3 is 39.4 Å². The van der Waals surface area contributed by atoms with Crippen LogP contribution in [0.3, 0.4) is 0 Å². The lowest BCUT2D eigenvalue weighted by atomic mass is 9.96. The van der Waals surface area contributed by atoms with Gasteiger partial charge in [-0.1, -0.05) is 38.3 Å². The topological polar surface area (TPSA) is 195 Å². The zero-order chi connectivity index (χ0) is 40.8. The first-order valence-corrected chi connectivity index (χ1v) is 22.3. The summed E-state index contributed by atoms with van der Waals surface area (Å²) in [6, 6.07) is 3.05. The minimum absolute atomic E-state index is 0.0127. The Morgan fingerprint density at radius 3 is 2.55 bits per heavy atom. The van der Waals surface area contributed by atoms with Crippen LogP contribution >= 0.6 is 0 Å². The van der Waals surface area contributed by atoms with Gasteiger partial charge in [-0.2, -0.15) is 0 Å². The number of aromatic nitrogens is 1. The maximum absolute atomic E-state index is 15.0. The Bertz CT molecular complexity index is 2090. The monoisotopic (exact) mass is 822 g/mol. The summed E-state index contributed by atoms with van der Waals surface area (Å²) in [5, 5.41) is 6.04. The molecule has 6 atom stereocenters. The Hall–Kier alpha value is -4.64. The van der Waals surface area contributed by atoms with Crippen LogP contribution in [0.5, 0.6) is 17.4 Å². The lowest BCUT2D eigenvalue weighted by Gasteiger charge is -2.33. The third kappa shape index (κ3) is 8.03. The van der Waals surface area contributed by atoms with Crippen LogP contribution in [0.4, 0.5) is 4.79 Å². The van der Waals surface area contributed by atoms with Crippen molar-refractivity contribution in [3.05, 3.63) is 29.8 Å². The maximum atomic E-state index is 15.0. The van der Waals surface area contributed by atoms with E-state index in [4.69, 9.17) is 23.9 Å². The van der Waals surface area contributed by atoms with Gasteiger partial charge in [-0.15, -0.1) is 0 Å². The van der Waals surface area contributed by atoms with E-state index >= 15 is 0 Å². The van der Waals surface area contributed by atoms with E-state index in [0.29, 0.717) is 80.3 Å². The number of rotatable bonds is 10. The van der Waals surface area contributed by atoms with Gasteiger partial charge in [0.2, 0.25) is 27.7 Å². The van der Waals surface area contributed by atoms with E-state index in [-0.39, 0.29) is 43.4 Å². The molecule has 0 unspecified atom stereocenters. The number of urea groups is 1. The van der Waals surface area contributed by atoms with Crippen molar-refractivity contribution in [2.45, 2.75) is 113 Å². The molecule has 0 radical (unpaired) electrons. The lowest BCUT2D eigenvalue weighted by molar-refractivity contribution is -0.142. The Morgan fingerprint density at radius 2 is 1.84 bits per heavy atom. The van der Waals surface area contributed by atoms with Crippen molar-refractivity contribution >= 4 is 50.8 Å². The summed E-state index contributed by atoms with van der Waals surface area (Å²) in [5.74, 6) is -0.839. The minimum atomic E-state index is -3.87. The van der Waals surface area contributed by atoms with Crippen molar-refractivity contribution in [3.8, 4) is 17.4 Å². The summed E-state index contributed by atoms with van der Waals surface area (Å²) in [7, 11) is -2.29. The van der Waals surface area contributed by atoms with Crippen molar-refractivity contribution in [2.24, 2.45) is 11.8 Å². The van der Waals surface area contributed by atoms with Crippen molar-refractivity contribution in [3.63, 3.8) is 0 Å². The Balaban J connectivity index is 1.17. The molecule has 4 heterocycles. The number of methoxy groups -OCH3 is 1. The molecule has 2 aromatic rings. The minimum Gasteiger partial charge on any atom is -0.496 e. The van der Waals surface area contributed by atoms with E-state index in [1.165, 1.54) is 4.90 Å². The third-order valence-electron chi connectivity index (χ3n) is 12.7. The molecule has 6 aliphatic rings. The van der Waals surface area contributed by atoms with Crippen LogP contribution in [0.1, 0.15) is 83.6 Å². The summed E-state index contributed by atoms with van der Waals surface area (Å²) >= 11 is 0. The summed E-state index contributed by atoms with van der Waals surface area (Å²) in [4.78, 5) is 65.0. The SMILES string of the molecule is CCOc1cc2c3cc(c(OC)cc3n1)/C=C\CO[C@H]1CCN(C1)C(=O)N[C@@H](C1CCCC1)C(=O)N1C[C@@H](C[C@H]1C(=O)N[C@]1(C(=O)NS(=O)(=O)C3CC3)C[C@H]1CC)O2. The van der Waals surface area contributed by atoms with Gasteiger partial charge in [-0.25, -0.2) is 18.2 Å². The molecule has 5 amide bonds. The lowest BCUT2D eigenvalue weighted by Crippen LogP contribution is -2.60. The Labute approximate surface area is 338 Å². The quantitative estimate of drug-likeness (QED) is 0.319. The molecule has 2 saturated heterocycles. The highest BCUT2D eigenvalue weighted by atomic mass is 32.2. The number of sulfonamides is 1. The smallest absolute Gasteiger partial charge is 0.318 e. The van der Waals surface area contributed by atoms with Crippen LogP contribution in [0, 0.1) is 11.8 Å². The Kier molecular flexibility index (Phi) is 11.2. The number of hydrogen-bond donors (Lipinski definition) is 3. The Morgan fingerprint density at radius 1 is 1.05 bits per heavy atom. The summed E-state index contributed by atoms with van der Waals surface area (Å²) < 4.78 is 52.4. The van der Waals surface area contributed by atoms with Crippen LogP contribution in [-0.2, 0) is 29.1 Å². The van der Waals surface area contributed by atoms with Crippen molar-refractivity contribution in [2.75, 3.05) is 40.0 Å². The van der Waals surface area contributed by atoms with Gasteiger partial charge in [0.25, 0.3) is 5.91 Å². The fourth-order valence-electron chi connectivity index (χ4n) is 9.18. The van der Waals surface area contributed by atoms with E-state index in [1.807, 2.05) is 32.1 Å². The fraction of sp³-hybridized carbons (Fsp3) is 0.634. The zero-order valence-corrected chi connectivity index (χ0v) is 34.2. The van der Waals surface area contributed by atoms with Crippen LogP contribution < -0.4 is 29.6 Å². The molecule has 8 rings (SSSR count). The number of nitrogens with zero attached hydrogens (tertiary/aromatic N) is 3. The van der Waals surface area contributed by atoms with Gasteiger partial charge in [0.15, 0.2) is 0 Å². The number of hydrogen-bond acceptors (Lipinski definition) is 11. The van der Waals surface area contributed by atoms with E-state index < -0.39 is 56.7 Å². The maximum Gasteiger partial charge on any atom is 0.318 e. The van der Waals surface area contributed by atoms with Crippen molar-refractivity contribution in [1.29, 1.82) is 0 Å². The number of nitrogens with one attached hydrogen (secondary N) is 3. The molecular formula is C41H54N6O10S. The molecule has 0 spiro atoms. The number of carbonyl (C=O) groups is 4. The molecular weight excluding hydrogens is 769 g/mol. The molecule has 17 heteroatoms. The normalized spacial score (nSPS) is 29.6. The molecule has 3 aliphatic heterocycles. The number of amides is 5. The van der Waals surface area contributed by atoms with Gasteiger partial charge in [0.05, 0.1) is 43.7 Å². The van der Waals surface area contributed by atoms with Crippen LogP contribution in [0.2, 0.25) is 0 Å². The molecule has 3 N–H and O–H groups in total. The van der Waals surface area contributed by atoms with Gasteiger partial charge >= 0.3 is 6.03 Å². The number of benzene rings is 1. The van der Waals surface area contributed by atoms with Gasteiger partial charge in [-0.3, -0.25) is 19.1 Å². The van der Waals surface area contributed by atoms with Crippen molar-refractivity contribution in [1.82, 2.24) is 30.1 Å². The van der Waals surface area contributed by atoms with E-state index in [2.05, 4.69) is 15.4 Å². The van der Waals surface area contributed by atoms with Gasteiger partial charge in [-0.05, 0) is 63.4 Å². The second-order valence-corrected chi connectivity index (χ2v) is 18.5. The number of fused-ring (bicyclic) bond motifs is 5. The van der Waals surface area contributed by atoms with Gasteiger partial charge in [0, 0.05) is 42.6 Å². The first-order chi connectivity index (χ1) is 27.9. The molecule has 58 heavy (non-hydrogen) atoms. The molecule has 1 aromatic heterocycles. The zero-order valence-electron chi connectivity index (χ0n) is 33.4. The molecule has 16 nitrogen and oxygen atoms in total. The standard InChI is InChI=1S/C41H54N6O10S/c1-4-26-21-41(26,39(50)45-58(52,53)29-12-13-29)44-37(48)32-18-28-23-47(32)38(49)36(24-9-6-7-10-24)43-40(51)46-15-14-27(22-46)56-16-8-11-25-17-30-31(19-33(25)54-3)42-35(55-5-2)20-34(30)57-28/h8,11,17,19-20,24,26-29,32,36H,4-7,9-10,12-16,18,21-23H2,1-3H3,(H,43,51)(H,44,48)(H,45,50)/b11-8-/t26-,27+,28-,32+,36+,41-/m1/s1. The predicted molar refractivity (Wildman–Crippen MR) is 213 cm³/mol. The molecule has 314 valence electrons. The summed E-state index contributed by atoms with van der Waals surface area (Å²) in [6.45, 7) is 5.25. The predicted octanol–water partition coefficient (Wildman–Crippen LogP) is 3.27. The second kappa shape index (κ2) is 16.2. The number of pyridine rings is 1. The van der Waals surface area contributed by atoms with E-state index in [1.54, 1.807) is 24.1 Å². The largest absolute Gasteiger partial charge is 0.496 e. The highest BCUT2D eigenvalue weighted by Gasteiger charge is 2.62. The molecule has 3 saturated carbocycles. The average molecular weight is 823 g/mol. The van der Waals surface area contributed by atoms with Gasteiger partial charge in [0.1, 0.15) is 35.2 Å². The second-order valence-electron chi connectivity index (χ2n) is 16.5. The highest BCUT2D eigenvalue weighted by Crippen LogP contribution is 2.47. The summed E-state index contributed by atoms with van der Waals surface area (Å²) in [5.41, 5.74) is -0.126. The molecule has 6 bridgehead atoms. The average Bonchev–Trinajstić information content (AvgIpc) is 3.97. The van der Waals surface area contributed by atoms with Crippen molar-refractivity contribution < 1.29 is 46.5 Å². The van der Waals surface area contributed by atoms with E-state index in [0.717, 1.165) is 31.2 Å². The molecule has 3 aliphatic carbocycles. The number of carbonyl (C=O) groups excluding carboxylic acids is 4. The highest BCUT2D eigenvalue weighted by molar-refractivity contribution is 7.91. The first-order valence-electron chi connectivity index (χ1n) is 20.8. The third-order valence-corrected chi connectivity index (χ3v) is 14.5. The summed E-state index contributed by atoms with van der Waals surface area (Å²) in [6.07, 6.45) is 8.70. The fourth-order valence-corrected chi connectivity index (χ4v) is 10.5. The number of ether oxygens (including phenoxy) is 4. The van der Waals surface area contributed by atoms with Crippen LogP contribution in [-0.4, -0.2) is 122 Å². The van der Waals surface area contributed by atoms with Crippen LogP contribution in [0.25, 0.3) is 17.0 Å². The molecule has 5 fully saturated rings. The first kappa shape index (κ1) is 40.2.